The molecule has 1 aliphatic carbocycles. The maximum absolute atomic E-state index is 12.5. The van der Waals surface area contributed by atoms with Gasteiger partial charge >= 0.3 is 0 Å². The molecular weight excluding hydrogens is 286 g/mol. The van der Waals surface area contributed by atoms with Gasteiger partial charge in [0.1, 0.15) is 11.5 Å². The Balaban J connectivity index is 1.93. The average molecular weight is 309 g/mol. The first-order valence-electron chi connectivity index (χ1n) is 8.26. The molecule has 2 aromatic rings. The fraction of sp³-hybridized carbons (Fsp3) is 0.350. The second-order valence-corrected chi connectivity index (χ2v) is 6.08. The third kappa shape index (κ3) is 3.73. The summed E-state index contributed by atoms with van der Waals surface area (Å²) in [6.45, 7) is 0. The van der Waals surface area contributed by atoms with Gasteiger partial charge in [-0.25, -0.2) is 0 Å². The Bertz CT molecular complexity index is 654. The van der Waals surface area contributed by atoms with E-state index in [9.17, 15) is 4.79 Å². The number of ketones is 1. The normalized spacial score (nSPS) is 19.2. The van der Waals surface area contributed by atoms with E-state index in [1.807, 2.05) is 48.5 Å². The predicted molar refractivity (Wildman–Crippen MR) is 92.8 cm³/mol. The van der Waals surface area contributed by atoms with Crippen molar-refractivity contribution in [1.29, 1.82) is 0 Å². The van der Waals surface area contributed by atoms with E-state index < -0.39 is 0 Å². The van der Waals surface area contributed by atoms with Crippen LogP contribution in [0.3, 0.4) is 0 Å². The number of para-hydroxylation sites is 1. The van der Waals surface area contributed by atoms with Crippen LogP contribution >= 0.6 is 0 Å². The van der Waals surface area contributed by atoms with Crippen molar-refractivity contribution >= 4 is 11.5 Å². The number of benzene rings is 2. The van der Waals surface area contributed by atoms with Crippen LogP contribution in [-0.4, -0.2) is 12.9 Å². The third-order valence-corrected chi connectivity index (χ3v) is 4.55. The summed E-state index contributed by atoms with van der Waals surface area (Å²) >= 11 is 0. The van der Waals surface area contributed by atoms with Crippen LogP contribution in [0.25, 0.3) is 0 Å². The summed E-state index contributed by atoms with van der Waals surface area (Å²) in [7, 11) is 1.67. The first kappa shape index (κ1) is 15.6. The molecule has 1 saturated carbocycles. The van der Waals surface area contributed by atoms with E-state index >= 15 is 0 Å². The Hall–Kier alpha value is -2.29. The van der Waals surface area contributed by atoms with Crippen molar-refractivity contribution in [2.45, 2.75) is 31.7 Å². The number of Topliss-reactive ketones (excluding diaryl/α,β-unsaturated/α-hetero) is 1. The van der Waals surface area contributed by atoms with Crippen LogP contribution in [0.4, 0.5) is 5.69 Å². The number of rotatable bonds is 5. The molecule has 0 bridgehead atoms. The first-order valence-corrected chi connectivity index (χ1v) is 8.26. The van der Waals surface area contributed by atoms with Crippen LogP contribution in [0, 0.1) is 5.92 Å². The second kappa shape index (κ2) is 7.32. The van der Waals surface area contributed by atoms with E-state index in [1.54, 1.807) is 7.11 Å². The summed E-state index contributed by atoms with van der Waals surface area (Å²) in [6.07, 6.45) is 3.78. The van der Waals surface area contributed by atoms with Gasteiger partial charge in [-0.15, -0.1) is 0 Å². The highest BCUT2D eigenvalue weighted by atomic mass is 16.5. The van der Waals surface area contributed by atoms with Crippen molar-refractivity contribution in [3.63, 3.8) is 0 Å². The molecule has 2 atom stereocenters. The van der Waals surface area contributed by atoms with Gasteiger partial charge in [-0.1, -0.05) is 36.8 Å². The second-order valence-electron chi connectivity index (χ2n) is 6.08. The van der Waals surface area contributed by atoms with E-state index in [-0.39, 0.29) is 12.0 Å². The molecule has 1 aliphatic rings. The lowest BCUT2D eigenvalue weighted by atomic mass is 9.80. The first-order chi connectivity index (χ1) is 11.3. The van der Waals surface area contributed by atoms with Gasteiger partial charge < -0.3 is 10.1 Å². The number of ether oxygens (including phenoxy) is 1. The minimum absolute atomic E-state index is 0.0136. The number of carbonyl (C=O) groups excluding carboxylic acids is 1. The molecule has 0 heterocycles. The van der Waals surface area contributed by atoms with Crippen molar-refractivity contribution in [1.82, 2.24) is 0 Å². The Kier molecular flexibility index (Phi) is 4.96. The van der Waals surface area contributed by atoms with Crippen LogP contribution in [0.15, 0.2) is 54.6 Å². The van der Waals surface area contributed by atoms with Crippen LogP contribution < -0.4 is 10.1 Å². The SMILES string of the molecule is COc1cccc([C@H](Nc2ccccc2)[C@H]2CCCCC2=O)c1. The van der Waals surface area contributed by atoms with Gasteiger partial charge in [0.2, 0.25) is 0 Å². The monoisotopic (exact) mass is 309 g/mol. The molecule has 0 aliphatic heterocycles. The zero-order valence-corrected chi connectivity index (χ0v) is 13.5. The molecule has 2 aromatic carbocycles. The van der Waals surface area contributed by atoms with Gasteiger partial charge in [-0.3, -0.25) is 4.79 Å². The average Bonchev–Trinajstić information content (AvgIpc) is 2.61. The lowest BCUT2D eigenvalue weighted by Crippen LogP contribution is -2.30. The Labute approximate surface area is 137 Å². The lowest BCUT2D eigenvalue weighted by molar-refractivity contribution is -0.125. The zero-order chi connectivity index (χ0) is 16.1. The molecule has 0 spiro atoms. The van der Waals surface area contributed by atoms with Gasteiger partial charge in [0, 0.05) is 18.0 Å². The number of carbonyl (C=O) groups is 1. The molecule has 3 rings (SSSR count). The number of hydrogen-bond acceptors (Lipinski definition) is 3. The van der Waals surface area contributed by atoms with Crippen LogP contribution in [0.5, 0.6) is 5.75 Å². The molecule has 0 radical (unpaired) electrons. The minimum atomic E-state index is -0.0136. The maximum atomic E-state index is 12.5. The van der Waals surface area contributed by atoms with Gasteiger partial charge in [-0.2, -0.15) is 0 Å². The minimum Gasteiger partial charge on any atom is -0.497 e. The maximum Gasteiger partial charge on any atom is 0.138 e. The largest absolute Gasteiger partial charge is 0.497 e. The van der Waals surface area contributed by atoms with Gasteiger partial charge in [0.05, 0.1) is 13.2 Å². The molecule has 120 valence electrons. The molecule has 3 heteroatoms. The topological polar surface area (TPSA) is 38.3 Å². The van der Waals surface area contributed by atoms with E-state index in [0.717, 1.165) is 36.3 Å². The lowest BCUT2D eigenvalue weighted by Gasteiger charge is -2.31. The van der Waals surface area contributed by atoms with Crippen molar-refractivity contribution < 1.29 is 9.53 Å². The third-order valence-electron chi connectivity index (χ3n) is 4.55. The zero-order valence-electron chi connectivity index (χ0n) is 13.5. The summed E-state index contributed by atoms with van der Waals surface area (Å²) in [6, 6.07) is 18.1. The Morgan fingerprint density at radius 3 is 2.65 bits per heavy atom. The van der Waals surface area contributed by atoms with E-state index in [1.165, 1.54) is 0 Å². The summed E-state index contributed by atoms with van der Waals surface area (Å²) < 4.78 is 5.36. The molecule has 23 heavy (non-hydrogen) atoms. The fourth-order valence-corrected chi connectivity index (χ4v) is 3.33. The molecule has 0 saturated heterocycles. The summed E-state index contributed by atoms with van der Waals surface area (Å²) in [4.78, 5) is 12.5. The number of nitrogens with one attached hydrogen (secondary N) is 1. The van der Waals surface area contributed by atoms with Crippen LogP contribution in [0.1, 0.15) is 37.3 Å². The molecule has 0 unspecified atom stereocenters. The van der Waals surface area contributed by atoms with Crippen molar-refractivity contribution in [3.05, 3.63) is 60.2 Å². The fourth-order valence-electron chi connectivity index (χ4n) is 3.33. The summed E-state index contributed by atoms with van der Waals surface area (Å²) in [5, 5.41) is 3.57. The Morgan fingerprint density at radius 2 is 1.91 bits per heavy atom. The van der Waals surface area contributed by atoms with Crippen molar-refractivity contribution in [2.24, 2.45) is 5.92 Å². The van der Waals surface area contributed by atoms with Gasteiger partial charge in [0.15, 0.2) is 0 Å². The van der Waals surface area contributed by atoms with Crippen molar-refractivity contribution in [2.75, 3.05) is 12.4 Å². The number of hydrogen-bond donors (Lipinski definition) is 1. The smallest absolute Gasteiger partial charge is 0.138 e. The molecule has 0 amide bonds. The molecule has 1 N–H and O–H groups in total. The van der Waals surface area contributed by atoms with E-state index in [4.69, 9.17) is 4.74 Å². The quantitative estimate of drug-likeness (QED) is 0.876. The highest BCUT2D eigenvalue weighted by Crippen LogP contribution is 2.35. The number of methoxy groups -OCH3 is 1. The number of anilines is 1. The van der Waals surface area contributed by atoms with E-state index in [0.29, 0.717) is 12.2 Å². The predicted octanol–water partition coefficient (Wildman–Crippen LogP) is 4.61. The summed E-state index contributed by atoms with van der Waals surface area (Å²) in [5.74, 6) is 1.22. The summed E-state index contributed by atoms with van der Waals surface area (Å²) in [5.41, 5.74) is 2.15. The standard InChI is InChI=1S/C20H23NO2/c1-23-17-11-7-8-15(14-17)20(18-12-5-6-13-19(18)22)21-16-9-3-2-4-10-16/h2-4,7-11,14,18,20-21H,5-6,12-13H2,1H3/t18-,20-/m0/s1. The van der Waals surface area contributed by atoms with E-state index in [2.05, 4.69) is 11.4 Å². The van der Waals surface area contributed by atoms with Crippen LogP contribution in [-0.2, 0) is 4.79 Å². The van der Waals surface area contributed by atoms with Crippen LogP contribution in [0.2, 0.25) is 0 Å². The molecule has 0 aromatic heterocycles. The van der Waals surface area contributed by atoms with Gasteiger partial charge in [-0.05, 0) is 42.7 Å². The highest BCUT2D eigenvalue weighted by Gasteiger charge is 2.31. The van der Waals surface area contributed by atoms with Gasteiger partial charge in [0.25, 0.3) is 0 Å². The molecule has 3 nitrogen and oxygen atoms in total. The molecular formula is C20H23NO2. The Morgan fingerprint density at radius 1 is 1.09 bits per heavy atom. The van der Waals surface area contributed by atoms with Crippen molar-refractivity contribution in [3.8, 4) is 5.75 Å². The highest BCUT2D eigenvalue weighted by molar-refractivity contribution is 5.83. The molecule has 1 fully saturated rings.